The first-order valence-corrected chi connectivity index (χ1v) is 7.01. The number of amides is 1. The molecule has 1 atom stereocenters. The van der Waals surface area contributed by atoms with Crippen LogP contribution in [-0.2, 0) is 10.2 Å². The first kappa shape index (κ1) is 14.1. The number of rotatable bonds is 2. The van der Waals surface area contributed by atoms with Crippen molar-refractivity contribution >= 4 is 27.5 Å². The highest BCUT2D eigenvalue weighted by Gasteiger charge is 2.49. The largest absolute Gasteiger partial charge is 0.313 e. The summed E-state index contributed by atoms with van der Waals surface area (Å²) in [7, 11) is 1.79. The van der Waals surface area contributed by atoms with Crippen LogP contribution >= 0.6 is 15.9 Å². The lowest BCUT2D eigenvalue weighted by Gasteiger charge is -2.29. The maximum Gasteiger partial charge on any atom is 0.237 e. The molecular formula is C15H17BrN2O. The first-order valence-electron chi connectivity index (χ1n) is 6.21. The minimum Gasteiger partial charge on any atom is -0.313 e. The summed E-state index contributed by atoms with van der Waals surface area (Å²) in [5.41, 5.74) is 0.754. The van der Waals surface area contributed by atoms with Crippen LogP contribution in [0.25, 0.3) is 0 Å². The molecule has 0 aromatic heterocycles. The highest BCUT2D eigenvalue weighted by molar-refractivity contribution is 9.10. The second-order valence-electron chi connectivity index (χ2n) is 6.00. The van der Waals surface area contributed by atoms with E-state index in [0.29, 0.717) is 6.42 Å². The molecule has 1 unspecified atom stereocenters. The fraction of sp³-hybridized carbons (Fsp3) is 0.467. The van der Waals surface area contributed by atoms with Gasteiger partial charge in [0.05, 0.1) is 22.6 Å². The normalized spacial score (nSPS) is 22.3. The molecule has 19 heavy (non-hydrogen) atoms. The second-order valence-corrected chi connectivity index (χ2v) is 6.86. The van der Waals surface area contributed by atoms with Crippen LogP contribution in [0.15, 0.2) is 22.7 Å². The molecule has 0 saturated carbocycles. The van der Waals surface area contributed by atoms with E-state index in [-0.39, 0.29) is 5.91 Å². The first-order chi connectivity index (χ1) is 8.73. The van der Waals surface area contributed by atoms with Crippen molar-refractivity contribution in [2.75, 3.05) is 11.9 Å². The molecule has 2 rings (SSSR count). The number of para-hydroxylation sites is 1. The lowest BCUT2D eigenvalue weighted by molar-refractivity contribution is -0.123. The van der Waals surface area contributed by atoms with Gasteiger partial charge in [-0.25, -0.2) is 0 Å². The van der Waals surface area contributed by atoms with E-state index < -0.39 is 10.8 Å². The minimum atomic E-state index is -0.632. The molecule has 1 aliphatic rings. The van der Waals surface area contributed by atoms with Crippen molar-refractivity contribution < 1.29 is 4.79 Å². The Morgan fingerprint density at radius 3 is 2.68 bits per heavy atom. The Labute approximate surface area is 122 Å². The number of hydrogen-bond acceptors (Lipinski definition) is 2. The van der Waals surface area contributed by atoms with Crippen molar-refractivity contribution in [1.82, 2.24) is 0 Å². The van der Waals surface area contributed by atoms with Crippen molar-refractivity contribution in [1.29, 1.82) is 5.26 Å². The summed E-state index contributed by atoms with van der Waals surface area (Å²) >= 11 is 3.50. The molecule has 1 aliphatic heterocycles. The number of likely N-dealkylation sites (N-methyl/N-ethyl adjacent to an activating group) is 1. The number of fused-ring (bicyclic) bond motifs is 1. The smallest absolute Gasteiger partial charge is 0.237 e. The predicted molar refractivity (Wildman–Crippen MR) is 78.9 cm³/mol. The van der Waals surface area contributed by atoms with Crippen LogP contribution in [0.2, 0.25) is 0 Å². The molecule has 1 amide bonds. The van der Waals surface area contributed by atoms with Gasteiger partial charge in [-0.05, 0) is 54.8 Å². The van der Waals surface area contributed by atoms with E-state index in [1.165, 1.54) is 0 Å². The van der Waals surface area contributed by atoms with Crippen LogP contribution in [-0.4, -0.2) is 13.0 Å². The van der Waals surface area contributed by atoms with Gasteiger partial charge in [0, 0.05) is 11.5 Å². The maximum atomic E-state index is 12.6. The number of carbonyl (C=O) groups is 1. The fourth-order valence-corrected chi connectivity index (χ4v) is 3.61. The van der Waals surface area contributed by atoms with Gasteiger partial charge < -0.3 is 4.90 Å². The lowest BCUT2D eigenvalue weighted by Crippen LogP contribution is -2.39. The number of halogens is 1. The Kier molecular flexibility index (Phi) is 3.22. The molecule has 100 valence electrons. The molecule has 3 nitrogen and oxygen atoms in total. The van der Waals surface area contributed by atoms with Crippen molar-refractivity contribution in [3.05, 3.63) is 28.2 Å². The second kappa shape index (κ2) is 4.35. The summed E-state index contributed by atoms with van der Waals surface area (Å²) in [6.07, 6.45) is 0.517. The zero-order valence-electron chi connectivity index (χ0n) is 11.6. The molecule has 0 N–H and O–H groups in total. The van der Waals surface area contributed by atoms with E-state index in [4.69, 9.17) is 0 Å². The molecule has 0 saturated heterocycles. The molecule has 0 radical (unpaired) electrons. The number of carbonyl (C=O) groups excluding carboxylic acids is 1. The number of benzene rings is 1. The topological polar surface area (TPSA) is 44.1 Å². The SMILES string of the molecule is CN1C(=O)C(C)(CC(C)(C)C#N)c2cccc(Br)c21. The van der Waals surface area contributed by atoms with Gasteiger partial charge in [0.1, 0.15) is 0 Å². The Morgan fingerprint density at radius 1 is 1.47 bits per heavy atom. The Bertz CT molecular complexity index is 588. The van der Waals surface area contributed by atoms with E-state index >= 15 is 0 Å². The number of hydrogen-bond donors (Lipinski definition) is 0. The summed E-state index contributed by atoms with van der Waals surface area (Å²) in [5.74, 6) is 0.0534. The van der Waals surface area contributed by atoms with Crippen LogP contribution in [0.3, 0.4) is 0 Å². The average molecular weight is 321 g/mol. The Morgan fingerprint density at radius 2 is 2.11 bits per heavy atom. The lowest BCUT2D eigenvalue weighted by atomic mass is 9.71. The van der Waals surface area contributed by atoms with Crippen LogP contribution in [0.5, 0.6) is 0 Å². The van der Waals surface area contributed by atoms with E-state index in [1.807, 2.05) is 39.0 Å². The van der Waals surface area contributed by atoms with Gasteiger partial charge in [-0.3, -0.25) is 4.79 Å². The molecule has 0 bridgehead atoms. The molecule has 0 fully saturated rings. The molecular weight excluding hydrogens is 304 g/mol. The van der Waals surface area contributed by atoms with Crippen LogP contribution in [0.1, 0.15) is 32.8 Å². The van der Waals surface area contributed by atoms with Crippen molar-refractivity contribution in [3.8, 4) is 6.07 Å². The van der Waals surface area contributed by atoms with E-state index in [2.05, 4.69) is 22.0 Å². The fourth-order valence-electron chi connectivity index (χ4n) is 2.98. The van der Waals surface area contributed by atoms with Crippen molar-refractivity contribution in [3.63, 3.8) is 0 Å². The molecule has 0 aliphatic carbocycles. The average Bonchev–Trinajstić information content (AvgIpc) is 2.53. The Hall–Kier alpha value is -1.34. The monoisotopic (exact) mass is 320 g/mol. The summed E-state index contributed by atoms with van der Waals surface area (Å²) in [4.78, 5) is 14.3. The molecule has 4 heteroatoms. The molecule has 0 spiro atoms. The van der Waals surface area contributed by atoms with Gasteiger partial charge >= 0.3 is 0 Å². The summed E-state index contributed by atoms with van der Waals surface area (Å²) in [5, 5.41) is 9.24. The van der Waals surface area contributed by atoms with Gasteiger partial charge in [0.2, 0.25) is 5.91 Å². The number of nitriles is 1. The molecule has 1 aromatic rings. The van der Waals surface area contributed by atoms with Crippen molar-refractivity contribution in [2.24, 2.45) is 5.41 Å². The summed E-state index contributed by atoms with van der Waals surface area (Å²) in [6, 6.07) is 8.14. The van der Waals surface area contributed by atoms with Gasteiger partial charge in [-0.15, -0.1) is 0 Å². The third-order valence-corrected chi connectivity index (χ3v) is 4.43. The van der Waals surface area contributed by atoms with Crippen LogP contribution < -0.4 is 4.90 Å². The third kappa shape index (κ3) is 2.06. The zero-order chi connectivity index (χ0) is 14.4. The quantitative estimate of drug-likeness (QED) is 0.835. The van der Waals surface area contributed by atoms with Gasteiger partial charge in [0.15, 0.2) is 0 Å². The van der Waals surface area contributed by atoms with Crippen LogP contribution in [0, 0.1) is 16.7 Å². The zero-order valence-corrected chi connectivity index (χ0v) is 13.2. The van der Waals surface area contributed by atoms with E-state index in [1.54, 1.807) is 11.9 Å². The highest BCUT2D eigenvalue weighted by Crippen LogP contribution is 2.49. The summed E-state index contributed by atoms with van der Waals surface area (Å²) < 4.78 is 0.916. The van der Waals surface area contributed by atoms with Crippen LogP contribution in [0.4, 0.5) is 5.69 Å². The van der Waals surface area contributed by atoms with Gasteiger partial charge in [0.25, 0.3) is 0 Å². The highest BCUT2D eigenvalue weighted by atomic mass is 79.9. The minimum absolute atomic E-state index is 0.0534. The molecule has 1 heterocycles. The summed E-state index contributed by atoms with van der Waals surface area (Å²) in [6.45, 7) is 5.69. The third-order valence-electron chi connectivity index (χ3n) is 3.79. The van der Waals surface area contributed by atoms with E-state index in [0.717, 1.165) is 15.7 Å². The standard InChI is InChI=1S/C15H17BrN2O/c1-14(2,9-17)8-15(3)10-6-5-7-11(16)12(10)18(4)13(15)19/h5-7H,8H2,1-4H3. The molecule has 1 aromatic carbocycles. The Balaban J connectivity index is 2.59. The van der Waals surface area contributed by atoms with Crippen molar-refractivity contribution in [2.45, 2.75) is 32.6 Å². The number of nitrogens with zero attached hydrogens (tertiary/aromatic N) is 2. The maximum absolute atomic E-state index is 12.6. The van der Waals surface area contributed by atoms with E-state index in [9.17, 15) is 10.1 Å². The van der Waals surface area contributed by atoms with Gasteiger partial charge in [-0.2, -0.15) is 5.26 Å². The van der Waals surface area contributed by atoms with Gasteiger partial charge in [-0.1, -0.05) is 12.1 Å². The number of anilines is 1. The predicted octanol–water partition coefficient (Wildman–Crippen LogP) is 3.62.